The van der Waals surface area contributed by atoms with E-state index in [1.807, 2.05) is 19.1 Å². The van der Waals surface area contributed by atoms with Crippen LogP contribution in [0.5, 0.6) is 11.5 Å². The van der Waals surface area contributed by atoms with Gasteiger partial charge >= 0.3 is 0 Å². The zero-order valence-corrected chi connectivity index (χ0v) is 17.7. The number of rotatable bonds is 1. The minimum Gasteiger partial charge on any atom is -0.505 e. The summed E-state index contributed by atoms with van der Waals surface area (Å²) in [5.74, 6) is 0.360. The lowest BCUT2D eigenvalue weighted by Gasteiger charge is -2.15. The highest BCUT2D eigenvalue weighted by Crippen LogP contribution is 2.36. The van der Waals surface area contributed by atoms with E-state index in [-0.39, 0.29) is 17.8 Å². The molecule has 0 spiro atoms. The first kappa shape index (κ1) is 22.8. The molecule has 1 aliphatic heterocycles. The van der Waals surface area contributed by atoms with Gasteiger partial charge in [0.15, 0.2) is 0 Å². The number of hydrogen-bond donors (Lipinski definition) is 3. The zero-order valence-electron chi connectivity index (χ0n) is 17.7. The Balaban J connectivity index is 2.31. The van der Waals surface area contributed by atoms with Crippen LogP contribution in [0.2, 0.25) is 0 Å². The van der Waals surface area contributed by atoms with E-state index in [2.05, 4.69) is 11.4 Å². The standard InChI is InChI=1S/C24H33NO4/c1-17-10-6-4-8-12-19(26)13-9-5-7-11-18(2)24(28)25-21-14-15-22(29-3)20(16-17)23(21)27/h5,7,10-11,14-15,19,26-27H,4,6,8-9,12-13,16H2,1-3H3,(H,25,28)/b7-5-,17-10+,18-11-. The quantitative estimate of drug-likeness (QED) is 0.456. The molecule has 0 aromatic heterocycles. The fourth-order valence-electron chi connectivity index (χ4n) is 3.34. The predicted molar refractivity (Wildman–Crippen MR) is 117 cm³/mol. The van der Waals surface area contributed by atoms with Gasteiger partial charge in [-0.15, -0.1) is 0 Å². The van der Waals surface area contributed by atoms with Crippen molar-refractivity contribution in [3.63, 3.8) is 0 Å². The molecule has 3 N–H and O–H groups in total. The molecule has 5 nitrogen and oxygen atoms in total. The minimum absolute atomic E-state index is 0.0369. The average molecular weight is 400 g/mol. The summed E-state index contributed by atoms with van der Waals surface area (Å²) in [6.07, 6.45) is 13.2. The van der Waals surface area contributed by atoms with Crippen molar-refractivity contribution in [2.45, 2.75) is 64.9 Å². The molecule has 0 saturated heterocycles. The van der Waals surface area contributed by atoms with Gasteiger partial charge in [0.1, 0.15) is 11.5 Å². The summed E-state index contributed by atoms with van der Waals surface area (Å²) in [4.78, 5) is 12.5. The SMILES string of the molecule is COc1ccc2c(O)c1C/C(C)=C/CCCCC(O)CC/C=C\C=C(\C)C(=O)N2. The van der Waals surface area contributed by atoms with Crippen LogP contribution in [-0.2, 0) is 11.2 Å². The molecule has 2 rings (SSSR count). The molecule has 1 heterocycles. The summed E-state index contributed by atoms with van der Waals surface area (Å²) in [5, 5.41) is 23.6. The number of phenols is 1. The molecule has 1 amide bonds. The van der Waals surface area contributed by atoms with Crippen LogP contribution in [0.15, 0.2) is 47.6 Å². The number of benzene rings is 1. The predicted octanol–water partition coefficient (Wildman–Crippen LogP) is 5.05. The van der Waals surface area contributed by atoms with E-state index in [0.717, 1.165) is 44.1 Å². The number of aromatic hydroxyl groups is 1. The maximum atomic E-state index is 12.5. The van der Waals surface area contributed by atoms with Gasteiger partial charge in [-0.05, 0) is 58.1 Å². The van der Waals surface area contributed by atoms with Gasteiger partial charge in [0.05, 0.1) is 18.9 Å². The number of hydrogen-bond acceptors (Lipinski definition) is 4. The van der Waals surface area contributed by atoms with Gasteiger partial charge < -0.3 is 20.3 Å². The molecule has 0 fully saturated rings. The van der Waals surface area contributed by atoms with Gasteiger partial charge in [-0.25, -0.2) is 0 Å². The van der Waals surface area contributed by atoms with Gasteiger partial charge in [0, 0.05) is 17.6 Å². The van der Waals surface area contributed by atoms with Gasteiger partial charge in [-0.2, -0.15) is 0 Å². The Morgan fingerprint density at radius 1 is 1.14 bits per heavy atom. The lowest BCUT2D eigenvalue weighted by atomic mass is 10.0. The number of ether oxygens (including phenoxy) is 1. The fourth-order valence-corrected chi connectivity index (χ4v) is 3.34. The van der Waals surface area contributed by atoms with Crippen LogP contribution in [0.3, 0.4) is 0 Å². The molecular weight excluding hydrogens is 366 g/mol. The second-order valence-corrected chi connectivity index (χ2v) is 7.62. The largest absolute Gasteiger partial charge is 0.505 e. The third-order valence-electron chi connectivity index (χ3n) is 5.15. The van der Waals surface area contributed by atoms with Crippen molar-refractivity contribution in [3.05, 3.63) is 53.1 Å². The molecule has 1 aromatic rings. The number of amides is 1. The Bertz CT molecular complexity index is 792. The first-order valence-electron chi connectivity index (χ1n) is 10.3. The lowest BCUT2D eigenvalue weighted by molar-refractivity contribution is -0.112. The van der Waals surface area contributed by atoms with Crippen LogP contribution in [0.1, 0.15) is 57.9 Å². The van der Waals surface area contributed by atoms with Crippen molar-refractivity contribution in [2.24, 2.45) is 0 Å². The highest BCUT2D eigenvalue weighted by Gasteiger charge is 2.16. The van der Waals surface area contributed by atoms with Crippen LogP contribution < -0.4 is 10.1 Å². The van der Waals surface area contributed by atoms with Crippen molar-refractivity contribution in [2.75, 3.05) is 12.4 Å². The molecule has 0 radical (unpaired) electrons. The Kier molecular flexibility index (Phi) is 9.00. The highest BCUT2D eigenvalue weighted by molar-refractivity contribution is 6.04. The topological polar surface area (TPSA) is 78.8 Å². The van der Waals surface area contributed by atoms with Crippen molar-refractivity contribution in [1.29, 1.82) is 0 Å². The second kappa shape index (κ2) is 11.5. The van der Waals surface area contributed by atoms with Crippen molar-refractivity contribution in [1.82, 2.24) is 0 Å². The number of aliphatic hydroxyl groups excluding tert-OH is 1. The number of nitrogens with one attached hydrogen (secondary N) is 1. The average Bonchev–Trinajstić information content (AvgIpc) is 2.69. The molecule has 0 aliphatic carbocycles. The van der Waals surface area contributed by atoms with E-state index in [4.69, 9.17) is 4.74 Å². The Hall–Kier alpha value is -2.53. The first-order chi connectivity index (χ1) is 13.9. The van der Waals surface area contributed by atoms with E-state index >= 15 is 0 Å². The first-order valence-corrected chi connectivity index (χ1v) is 10.3. The summed E-state index contributed by atoms with van der Waals surface area (Å²) in [5.41, 5.74) is 2.69. The number of carbonyl (C=O) groups excluding carboxylic acids is 1. The van der Waals surface area contributed by atoms with Crippen LogP contribution >= 0.6 is 0 Å². The van der Waals surface area contributed by atoms with Gasteiger partial charge in [0.2, 0.25) is 0 Å². The fraction of sp³-hybridized carbons (Fsp3) is 0.458. The van der Waals surface area contributed by atoms with Gasteiger partial charge in [0.25, 0.3) is 5.91 Å². The lowest BCUT2D eigenvalue weighted by Crippen LogP contribution is -2.13. The zero-order chi connectivity index (χ0) is 21.2. The van der Waals surface area contributed by atoms with Crippen molar-refractivity contribution < 1.29 is 19.7 Å². The van der Waals surface area contributed by atoms with E-state index in [1.54, 1.807) is 32.2 Å². The molecule has 1 aromatic carbocycles. The smallest absolute Gasteiger partial charge is 0.251 e. The number of methoxy groups -OCH3 is 1. The molecule has 1 unspecified atom stereocenters. The number of fused-ring (bicyclic) bond motifs is 2. The summed E-state index contributed by atoms with van der Waals surface area (Å²) >= 11 is 0. The van der Waals surface area contributed by atoms with Crippen LogP contribution in [0.4, 0.5) is 5.69 Å². The summed E-state index contributed by atoms with van der Waals surface area (Å²) in [6.45, 7) is 3.76. The van der Waals surface area contributed by atoms with E-state index < -0.39 is 0 Å². The number of phenolic OH excluding ortho intramolecular Hbond substituents is 1. The molecule has 5 heteroatoms. The molecule has 29 heavy (non-hydrogen) atoms. The van der Waals surface area contributed by atoms with E-state index in [1.165, 1.54) is 0 Å². The van der Waals surface area contributed by atoms with Gasteiger partial charge in [-0.1, -0.05) is 36.3 Å². The van der Waals surface area contributed by atoms with E-state index in [9.17, 15) is 15.0 Å². The molecular formula is C24H33NO4. The monoisotopic (exact) mass is 399 g/mol. The Morgan fingerprint density at radius 3 is 2.69 bits per heavy atom. The molecule has 158 valence electrons. The van der Waals surface area contributed by atoms with Crippen LogP contribution in [0, 0.1) is 0 Å². The highest BCUT2D eigenvalue weighted by atomic mass is 16.5. The Labute approximate surface area is 173 Å². The Morgan fingerprint density at radius 2 is 1.93 bits per heavy atom. The number of carbonyl (C=O) groups is 1. The normalized spacial score (nSPS) is 24.6. The number of anilines is 1. The molecule has 2 bridgehead atoms. The summed E-state index contributed by atoms with van der Waals surface area (Å²) in [7, 11) is 1.57. The minimum atomic E-state index is -0.289. The molecule has 1 aliphatic rings. The maximum Gasteiger partial charge on any atom is 0.251 e. The van der Waals surface area contributed by atoms with Crippen molar-refractivity contribution in [3.8, 4) is 11.5 Å². The third kappa shape index (κ3) is 7.09. The molecule has 1 atom stereocenters. The number of allylic oxidation sites excluding steroid dienone is 5. The third-order valence-corrected chi connectivity index (χ3v) is 5.15. The number of aliphatic hydroxyl groups is 1. The van der Waals surface area contributed by atoms with E-state index in [0.29, 0.717) is 29.0 Å². The summed E-state index contributed by atoms with van der Waals surface area (Å²) < 4.78 is 5.42. The summed E-state index contributed by atoms with van der Waals surface area (Å²) in [6, 6.07) is 3.42. The second-order valence-electron chi connectivity index (χ2n) is 7.62. The van der Waals surface area contributed by atoms with Crippen LogP contribution in [0.25, 0.3) is 0 Å². The van der Waals surface area contributed by atoms with Crippen molar-refractivity contribution >= 4 is 11.6 Å². The van der Waals surface area contributed by atoms with Crippen LogP contribution in [-0.4, -0.2) is 29.3 Å². The van der Waals surface area contributed by atoms with Gasteiger partial charge in [-0.3, -0.25) is 4.79 Å². The molecule has 0 saturated carbocycles. The maximum absolute atomic E-state index is 12.5.